The van der Waals surface area contributed by atoms with E-state index in [4.69, 9.17) is 11.3 Å². The molecule has 0 bridgehead atoms. The molecular formula is C6H5FN4. The summed E-state index contributed by atoms with van der Waals surface area (Å²) in [6, 6.07) is 4.07. The van der Waals surface area contributed by atoms with Crippen LogP contribution < -0.4 is 5.73 Å². The first-order chi connectivity index (χ1) is 5.25. The van der Waals surface area contributed by atoms with Gasteiger partial charge in [-0.05, 0) is 11.6 Å². The van der Waals surface area contributed by atoms with Gasteiger partial charge in [-0.1, -0.05) is 17.2 Å². The molecule has 0 aromatic heterocycles. The second kappa shape index (κ2) is 2.90. The normalized spacial score (nSPS) is 8.82. The van der Waals surface area contributed by atoms with Crippen LogP contribution in [0.1, 0.15) is 0 Å². The fraction of sp³-hybridized carbons (Fsp3) is 0. The minimum Gasteiger partial charge on any atom is -0.396 e. The number of hydrogen-bond acceptors (Lipinski definition) is 2. The van der Waals surface area contributed by atoms with Crippen LogP contribution in [0.4, 0.5) is 15.8 Å². The van der Waals surface area contributed by atoms with Crippen LogP contribution in [0.5, 0.6) is 0 Å². The Kier molecular flexibility index (Phi) is 1.94. The first-order valence-electron chi connectivity index (χ1n) is 2.85. The number of para-hydroxylation sites is 1. The number of nitrogen functional groups attached to an aromatic ring is 1. The Bertz CT molecular complexity index is 316. The average molecular weight is 152 g/mol. The molecule has 0 heterocycles. The molecule has 56 valence electrons. The van der Waals surface area contributed by atoms with Crippen molar-refractivity contribution in [3.05, 3.63) is 34.5 Å². The summed E-state index contributed by atoms with van der Waals surface area (Å²) in [6.45, 7) is 0. The molecule has 0 saturated heterocycles. The lowest BCUT2D eigenvalue weighted by Crippen LogP contribution is -1.89. The Balaban J connectivity index is 3.26. The van der Waals surface area contributed by atoms with Gasteiger partial charge < -0.3 is 5.73 Å². The molecule has 0 aliphatic carbocycles. The fourth-order valence-electron chi connectivity index (χ4n) is 0.661. The van der Waals surface area contributed by atoms with Crippen LogP contribution in [0.2, 0.25) is 0 Å². The van der Waals surface area contributed by atoms with Crippen LogP contribution in [0.15, 0.2) is 23.3 Å². The summed E-state index contributed by atoms with van der Waals surface area (Å²) >= 11 is 0. The number of azide groups is 1. The predicted molar refractivity (Wildman–Crippen MR) is 39.6 cm³/mol. The Morgan fingerprint density at radius 2 is 2.27 bits per heavy atom. The maximum Gasteiger partial charge on any atom is 0.146 e. The lowest BCUT2D eigenvalue weighted by molar-refractivity contribution is 0.633. The molecule has 5 heteroatoms. The number of rotatable bonds is 1. The van der Waals surface area contributed by atoms with Crippen molar-refractivity contribution >= 4 is 11.4 Å². The second-order valence-electron chi connectivity index (χ2n) is 1.86. The van der Waals surface area contributed by atoms with E-state index in [0.717, 1.165) is 0 Å². The minimum atomic E-state index is -0.574. The van der Waals surface area contributed by atoms with Crippen molar-refractivity contribution in [2.75, 3.05) is 5.73 Å². The van der Waals surface area contributed by atoms with Crippen LogP contribution in [0.3, 0.4) is 0 Å². The van der Waals surface area contributed by atoms with Gasteiger partial charge in [0.2, 0.25) is 0 Å². The van der Waals surface area contributed by atoms with Crippen molar-refractivity contribution in [1.82, 2.24) is 0 Å². The summed E-state index contributed by atoms with van der Waals surface area (Å²) in [7, 11) is 0. The summed E-state index contributed by atoms with van der Waals surface area (Å²) in [5, 5.41) is 3.18. The van der Waals surface area contributed by atoms with Gasteiger partial charge in [0.25, 0.3) is 0 Å². The van der Waals surface area contributed by atoms with Crippen molar-refractivity contribution in [3.63, 3.8) is 0 Å². The second-order valence-corrected chi connectivity index (χ2v) is 1.86. The highest BCUT2D eigenvalue weighted by atomic mass is 19.1. The molecule has 1 aromatic rings. The first-order valence-corrected chi connectivity index (χ1v) is 2.85. The van der Waals surface area contributed by atoms with Crippen LogP contribution in [0.25, 0.3) is 10.4 Å². The first kappa shape index (κ1) is 7.37. The topological polar surface area (TPSA) is 74.8 Å². The van der Waals surface area contributed by atoms with Crippen molar-refractivity contribution in [2.45, 2.75) is 0 Å². The van der Waals surface area contributed by atoms with E-state index in [9.17, 15) is 4.39 Å². The van der Waals surface area contributed by atoms with Gasteiger partial charge in [0, 0.05) is 4.91 Å². The predicted octanol–water partition coefficient (Wildman–Crippen LogP) is 2.35. The quantitative estimate of drug-likeness (QED) is 0.285. The molecule has 1 rings (SSSR count). The third kappa shape index (κ3) is 1.39. The van der Waals surface area contributed by atoms with Crippen molar-refractivity contribution in [2.24, 2.45) is 5.11 Å². The van der Waals surface area contributed by atoms with Gasteiger partial charge in [-0.25, -0.2) is 4.39 Å². The van der Waals surface area contributed by atoms with E-state index in [1.165, 1.54) is 18.2 Å². The zero-order valence-corrected chi connectivity index (χ0v) is 5.53. The van der Waals surface area contributed by atoms with Gasteiger partial charge in [0.1, 0.15) is 5.82 Å². The Hall–Kier alpha value is -1.74. The van der Waals surface area contributed by atoms with E-state index < -0.39 is 5.82 Å². The highest BCUT2D eigenvalue weighted by Gasteiger charge is 2.00. The van der Waals surface area contributed by atoms with Gasteiger partial charge in [-0.2, -0.15) is 0 Å². The molecule has 0 amide bonds. The minimum absolute atomic E-state index is 0.118. The Morgan fingerprint density at radius 1 is 1.55 bits per heavy atom. The summed E-state index contributed by atoms with van der Waals surface area (Å²) in [4.78, 5) is 2.49. The number of nitrogens with two attached hydrogens (primary N) is 1. The van der Waals surface area contributed by atoms with E-state index in [1.54, 1.807) is 0 Å². The standard InChI is InChI=1S/C6H5FN4/c7-4-2-1-3-5(6(4)8)10-11-9/h1-3H,8H2. The third-order valence-electron chi connectivity index (χ3n) is 1.18. The molecular weight excluding hydrogens is 147 g/mol. The Labute approximate surface area is 62.1 Å². The molecule has 0 unspecified atom stereocenters. The van der Waals surface area contributed by atoms with E-state index in [2.05, 4.69) is 10.0 Å². The van der Waals surface area contributed by atoms with Crippen LogP contribution in [-0.2, 0) is 0 Å². The highest BCUT2D eigenvalue weighted by Crippen LogP contribution is 2.23. The molecule has 2 N–H and O–H groups in total. The van der Waals surface area contributed by atoms with Crippen LogP contribution in [0, 0.1) is 5.82 Å². The van der Waals surface area contributed by atoms with Crippen molar-refractivity contribution in [1.29, 1.82) is 0 Å². The lowest BCUT2D eigenvalue weighted by atomic mass is 10.3. The SMILES string of the molecule is [N-]=[N+]=Nc1cccc(F)c1N. The number of benzene rings is 1. The molecule has 0 radical (unpaired) electrons. The zero-order chi connectivity index (χ0) is 8.27. The largest absolute Gasteiger partial charge is 0.396 e. The lowest BCUT2D eigenvalue weighted by Gasteiger charge is -1.97. The highest BCUT2D eigenvalue weighted by molar-refractivity contribution is 5.62. The van der Waals surface area contributed by atoms with Gasteiger partial charge in [-0.3, -0.25) is 0 Å². The van der Waals surface area contributed by atoms with Gasteiger partial charge in [0.15, 0.2) is 0 Å². The van der Waals surface area contributed by atoms with E-state index in [1.807, 2.05) is 0 Å². The summed E-state index contributed by atoms with van der Waals surface area (Å²) in [5.74, 6) is -0.574. The molecule has 0 saturated carbocycles. The van der Waals surface area contributed by atoms with E-state index >= 15 is 0 Å². The molecule has 0 atom stereocenters. The van der Waals surface area contributed by atoms with Gasteiger partial charge >= 0.3 is 0 Å². The van der Waals surface area contributed by atoms with Gasteiger partial charge in [0.05, 0.1) is 11.4 Å². The smallest absolute Gasteiger partial charge is 0.146 e. The number of hydrogen-bond donors (Lipinski definition) is 1. The molecule has 1 aromatic carbocycles. The molecule has 4 nitrogen and oxygen atoms in total. The number of nitrogens with zero attached hydrogens (tertiary/aromatic N) is 3. The summed E-state index contributed by atoms with van der Waals surface area (Å²) in [5.41, 5.74) is 13.2. The fourth-order valence-corrected chi connectivity index (χ4v) is 0.661. The van der Waals surface area contributed by atoms with Crippen LogP contribution >= 0.6 is 0 Å². The third-order valence-corrected chi connectivity index (χ3v) is 1.18. The molecule has 0 aliphatic rings. The van der Waals surface area contributed by atoms with Gasteiger partial charge in [-0.15, -0.1) is 0 Å². The number of halogens is 1. The zero-order valence-electron chi connectivity index (χ0n) is 5.53. The monoisotopic (exact) mass is 152 g/mol. The average Bonchev–Trinajstić information content (AvgIpc) is 1.99. The number of anilines is 1. The van der Waals surface area contributed by atoms with Crippen LogP contribution in [-0.4, -0.2) is 0 Å². The maximum atomic E-state index is 12.6. The molecule has 0 fully saturated rings. The maximum absolute atomic E-state index is 12.6. The Morgan fingerprint density at radius 3 is 2.91 bits per heavy atom. The molecule has 0 spiro atoms. The van der Waals surface area contributed by atoms with E-state index in [-0.39, 0.29) is 11.4 Å². The van der Waals surface area contributed by atoms with Crippen molar-refractivity contribution in [3.8, 4) is 0 Å². The molecule has 11 heavy (non-hydrogen) atoms. The van der Waals surface area contributed by atoms with Crippen molar-refractivity contribution < 1.29 is 4.39 Å². The summed E-state index contributed by atoms with van der Waals surface area (Å²) in [6.07, 6.45) is 0. The molecule has 0 aliphatic heterocycles. The van der Waals surface area contributed by atoms with E-state index in [0.29, 0.717) is 0 Å². The summed E-state index contributed by atoms with van der Waals surface area (Å²) < 4.78 is 12.6.